The maximum atomic E-state index is 12.2. The molecule has 1 saturated heterocycles. The molecule has 0 spiro atoms. The van der Waals surface area contributed by atoms with Gasteiger partial charge in [-0.05, 0) is 31.0 Å². The van der Waals surface area contributed by atoms with Crippen LogP contribution in [0.2, 0.25) is 0 Å². The van der Waals surface area contributed by atoms with Gasteiger partial charge in [-0.3, -0.25) is 9.59 Å². The Hall–Kier alpha value is -2.89. The third-order valence-electron chi connectivity index (χ3n) is 4.26. The fraction of sp³-hybridized carbons (Fsp3) is 0.316. The van der Waals surface area contributed by atoms with E-state index in [9.17, 15) is 9.59 Å². The van der Waals surface area contributed by atoms with Crippen LogP contribution in [0.25, 0.3) is 0 Å². The summed E-state index contributed by atoms with van der Waals surface area (Å²) in [4.78, 5) is 27.7. The lowest BCUT2D eigenvalue weighted by atomic mass is 10.1. The summed E-state index contributed by atoms with van der Waals surface area (Å²) < 4.78 is 6.02. The number of aromatic nitrogens is 1. The number of carbonyl (C=O) groups excluding carboxylic acids is 2. The van der Waals surface area contributed by atoms with Crippen molar-refractivity contribution in [3.05, 3.63) is 53.2 Å². The predicted octanol–water partition coefficient (Wildman–Crippen LogP) is 2.24. The lowest BCUT2D eigenvalue weighted by Crippen LogP contribution is -2.31. The van der Waals surface area contributed by atoms with Crippen LogP contribution >= 0.6 is 0 Å². The van der Waals surface area contributed by atoms with Gasteiger partial charge in [-0.1, -0.05) is 24.3 Å². The van der Waals surface area contributed by atoms with E-state index < -0.39 is 0 Å². The molecular weight excluding hydrogens is 318 g/mol. The Balaban J connectivity index is 1.71. The third-order valence-corrected chi connectivity index (χ3v) is 4.26. The summed E-state index contributed by atoms with van der Waals surface area (Å²) in [5.41, 5.74) is 2.84. The number of rotatable bonds is 5. The van der Waals surface area contributed by atoms with Crippen molar-refractivity contribution in [2.24, 2.45) is 5.92 Å². The van der Waals surface area contributed by atoms with Crippen LogP contribution < -0.4 is 15.4 Å². The molecule has 2 heterocycles. The number of amides is 2. The number of hydrogen-bond acceptors (Lipinski definition) is 4. The maximum absolute atomic E-state index is 12.2. The van der Waals surface area contributed by atoms with Crippen LogP contribution in [-0.4, -0.2) is 23.3 Å². The number of para-hydroxylation sites is 1. The van der Waals surface area contributed by atoms with Gasteiger partial charge in [0.05, 0.1) is 5.92 Å². The van der Waals surface area contributed by atoms with E-state index in [1.165, 1.54) is 0 Å². The molecule has 3 rings (SSSR count). The van der Waals surface area contributed by atoms with E-state index in [-0.39, 0.29) is 24.2 Å². The Labute approximate surface area is 146 Å². The normalized spacial score (nSPS) is 16.4. The standard InChI is InChI=1S/C19H21N3O3/c1-12-5-3-6-13(2)17(12)25-19-14(7-4-8-20-19)10-22-18(24)15-9-16(23)21-11-15/h3-8,15H,9-11H2,1-2H3,(H,21,23)(H,22,24). The van der Waals surface area contributed by atoms with E-state index >= 15 is 0 Å². The van der Waals surface area contributed by atoms with Crippen molar-refractivity contribution < 1.29 is 14.3 Å². The summed E-state index contributed by atoms with van der Waals surface area (Å²) in [7, 11) is 0. The van der Waals surface area contributed by atoms with Crippen molar-refractivity contribution in [2.75, 3.05) is 6.54 Å². The minimum atomic E-state index is -0.313. The molecule has 130 valence electrons. The minimum Gasteiger partial charge on any atom is -0.438 e. The van der Waals surface area contributed by atoms with Crippen LogP contribution in [0.3, 0.4) is 0 Å². The molecule has 2 aromatic rings. The number of nitrogens with one attached hydrogen (secondary N) is 2. The first-order valence-electron chi connectivity index (χ1n) is 8.27. The molecule has 1 unspecified atom stereocenters. The number of carbonyl (C=O) groups is 2. The van der Waals surface area contributed by atoms with E-state index in [4.69, 9.17) is 4.74 Å². The zero-order valence-corrected chi connectivity index (χ0v) is 14.3. The lowest BCUT2D eigenvalue weighted by Gasteiger charge is -2.15. The summed E-state index contributed by atoms with van der Waals surface area (Å²) in [5.74, 6) is 0.716. The molecule has 0 radical (unpaired) electrons. The van der Waals surface area contributed by atoms with Crippen LogP contribution in [0.15, 0.2) is 36.5 Å². The molecule has 1 aliphatic rings. The number of pyridine rings is 1. The number of ether oxygens (including phenoxy) is 1. The molecule has 1 aliphatic heterocycles. The number of nitrogens with zero attached hydrogens (tertiary/aromatic N) is 1. The van der Waals surface area contributed by atoms with E-state index in [0.29, 0.717) is 19.0 Å². The molecule has 0 saturated carbocycles. The molecule has 6 heteroatoms. The van der Waals surface area contributed by atoms with Gasteiger partial charge < -0.3 is 15.4 Å². The highest BCUT2D eigenvalue weighted by molar-refractivity contribution is 5.89. The SMILES string of the molecule is Cc1cccc(C)c1Oc1ncccc1CNC(=O)C1CNC(=O)C1. The van der Waals surface area contributed by atoms with Crippen molar-refractivity contribution >= 4 is 11.8 Å². The van der Waals surface area contributed by atoms with E-state index in [2.05, 4.69) is 15.6 Å². The summed E-state index contributed by atoms with van der Waals surface area (Å²) in [6.07, 6.45) is 1.90. The Morgan fingerprint density at radius 3 is 2.72 bits per heavy atom. The Morgan fingerprint density at radius 2 is 2.04 bits per heavy atom. The molecule has 6 nitrogen and oxygen atoms in total. The summed E-state index contributed by atoms with van der Waals surface area (Å²) in [6.45, 7) is 4.66. The second kappa shape index (κ2) is 7.34. The number of hydrogen-bond donors (Lipinski definition) is 2. The highest BCUT2D eigenvalue weighted by atomic mass is 16.5. The Bertz CT molecular complexity index is 784. The molecule has 1 aromatic carbocycles. The van der Waals surface area contributed by atoms with Gasteiger partial charge in [-0.25, -0.2) is 4.98 Å². The van der Waals surface area contributed by atoms with Crippen LogP contribution in [0.5, 0.6) is 11.6 Å². The molecule has 1 fully saturated rings. The summed E-state index contributed by atoms with van der Waals surface area (Å²) in [5, 5.41) is 5.53. The van der Waals surface area contributed by atoms with Crippen molar-refractivity contribution in [3.8, 4) is 11.6 Å². The van der Waals surface area contributed by atoms with Crippen LogP contribution in [0.1, 0.15) is 23.1 Å². The number of benzene rings is 1. The van der Waals surface area contributed by atoms with Gasteiger partial charge in [0.1, 0.15) is 5.75 Å². The first kappa shape index (κ1) is 17.0. The first-order valence-corrected chi connectivity index (χ1v) is 8.27. The molecule has 2 amide bonds. The van der Waals surface area contributed by atoms with E-state index in [1.807, 2.05) is 38.1 Å². The topological polar surface area (TPSA) is 80.3 Å². The smallest absolute Gasteiger partial charge is 0.225 e. The summed E-state index contributed by atoms with van der Waals surface area (Å²) in [6, 6.07) is 9.62. The molecule has 0 aliphatic carbocycles. The highest BCUT2D eigenvalue weighted by Crippen LogP contribution is 2.29. The lowest BCUT2D eigenvalue weighted by molar-refractivity contribution is -0.126. The van der Waals surface area contributed by atoms with Gasteiger partial charge in [0.15, 0.2) is 0 Å². The van der Waals surface area contributed by atoms with Crippen LogP contribution in [-0.2, 0) is 16.1 Å². The van der Waals surface area contributed by atoms with Gasteiger partial charge in [-0.15, -0.1) is 0 Å². The summed E-state index contributed by atoms with van der Waals surface area (Å²) >= 11 is 0. The minimum absolute atomic E-state index is 0.0828. The average molecular weight is 339 g/mol. The fourth-order valence-corrected chi connectivity index (χ4v) is 2.82. The largest absolute Gasteiger partial charge is 0.438 e. The second-order valence-electron chi connectivity index (χ2n) is 6.21. The van der Waals surface area contributed by atoms with Crippen molar-refractivity contribution in [3.63, 3.8) is 0 Å². The van der Waals surface area contributed by atoms with Gasteiger partial charge in [0.25, 0.3) is 0 Å². The Kier molecular flexibility index (Phi) is 4.97. The van der Waals surface area contributed by atoms with Crippen molar-refractivity contribution in [1.29, 1.82) is 0 Å². The van der Waals surface area contributed by atoms with Crippen molar-refractivity contribution in [2.45, 2.75) is 26.8 Å². The fourth-order valence-electron chi connectivity index (χ4n) is 2.82. The highest BCUT2D eigenvalue weighted by Gasteiger charge is 2.27. The van der Waals surface area contributed by atoms with Gasteiger partial charge in [0.2, 0.25) is 17.7 Å². The Morgan fingerprint density at radius 1 is 1.28 bits per heavy atom. The van der Waals surface area contributed by atoms with E-state index in [0.717, 1.165) is 22.4 Å². The van der Waals surface area contributed by atoms with Crippen molar-refractivity contribution in [1.82, 2.24) is 15.6 Å². The van der Waals surface area contributed by atoms with Gasteiger partial charge >= 0.3 is 0 Å². The average Bonchev–Trinajstić information content (AvgIpc) is 3.03. The van der Waals surface area contributed by atoms with E-state index in [1.54, 1.807) is 12.3 Å². The van der Waals surface area contributed by atoms with Crippen LogP contribution in [0.4, 0.5) is 0 Å². The first-order chi connectivity index (χ1) is 12.0. The quantitative estimate of drug-likeness (QED) is 0.875. The molecule has 1 aromatic heterocycles. The molecule has 25 heavy (non-hydrogen) atoms. The monoisotopic (exact) mass is 339 g/mol. The van der Waals surface area contributed by atoms with Crippen LogP contribution in [0, 0.1) is 19.8 Å². The second-order valence-corrected chi connectivity index (χ2v) is 6.21. The zero-order valence-electron chi connectivity index (χ0n) is 14.3. The zero-order chi connectivity index (χ0) is 17.8. The number of aryl methyl sites for hydroxylation is 2. The molecule has 2 N–H and O–H groups in total. The van der Waals surface area contributed by atoms with Gasteiger partial charge in [0, 0.05) is 31.3 Å². The van der Waals surface area contributed by atoms with Gasteiger partial charge in [-0.2, -0.15) is 0 Å². The third kappa shape index (κ3) is 3.96. The molecular formula is C19H21N3O3. The molecule has 1 atom stereocenters. The maximum Gasteiger partial charge on any atom is 0.225 e. The molecule has 0 bridgehead atoms. The predicted molar refractivity (Wildman–Crippen MR) is 93.2 cm³/mol.